The number of anilines is 1. The second kappa shape index (κ2) is 11.0. The summed E-state index contributed by atoms with van der Waals surface area (Å²) in [6, 6.07) is 19.8. The van der Waals surface area contributed by atoms with Gasteiger partial charge < -0.3 is 15.1 Å². The van der Waals surface area contributed by atoms with E-state index in [4.69, 9.17) is 0 Å². The van der Waals surface area contributed by atoms with Crippen molar-refractivity contribution < 1.29 is 19.8 Å². The number of para-hydroxylation sites is 1. The van der Waals surface area contributed by atoms with Gasteiger partial charge in [-0.25, -0.2) is 14.3 Å². The Morgan fingerprint density at radius 2 is 1.45 bits per heavy atom. The molecule has 3 N–H and O–H groups in total. The Bertz CT molecular complexity index is 2010. The molecule has 0 radical (unpaired) electrons. The lowest BCUT2D eigenvalue weighted by Crippen LogP contribution is -2.24. The number of H-pyrrole nitrogens is 1. The average Bonchev–Trinajstić information content (AvgIpc) is 3.32. The number of aryl methyl sites for hydroxylation is 1. The van der Waals surface area contributed by atoms with Crippen LogP contribution >= 0.6 is 0 Å². The second-order valence-corrected chi connectivity index (χ2v) is 9.81. The minimum absolute atomic E-state index is 0.0262. The predicted octanol–water partition coefficient (Wildman–Crippen LogP) is 4.57. The van der Waals surface area contributed by atoms with E-state index in [1.165, 1.54) is 22.9 Å². The van der Waals surface area contributed by atoms with Crippen molar-refractivity contribution in [3.63, 3.8) is 0 Å². The summed E-state index contributed by atoms with van der Waals surface area (Å²) in [6.07, 6.45) is 3.16. The van der Waals surface area contributed by atoms with E-state index >= 15 is 0 Å². The molecule has 0 aliphatic carbocycles. The van der Waals surface area contributed by atoms with Crippen LogP contribution in [0.15, 0.2) is 88.1 Å². The zero-order valence-electron chi connectivity index (χ0n) is 23.0. The molecule has 0 aliphatic heterocycles. The molecule has 0 spiro atoms. The molecule has 0 fully saturated rings. The lowest BCUT2D eigenvalue weighted by atomic mass is 10.1. The van der Waals surface area contributed by atoms with Crippen LogP contribution in [0.3, 0.4) is 0 Å². The molecule has 42 heavy (non-hydrogen) atoms. The van der Waals surface area contributed by atoms with Crippen LogP contribution in [0.1, 0.15) is 37.4 Å². The Kier molecular flexibility index (Phi) is 7.23. The number of nitrogens with zero attached hydrogens (tertiary/aromatic N) is 3. The van der Waals surface area contributed by atoms with Gasteiger partial charge in [0.25, 0.3) is 11.1 Å². The number of nitrogens with one attached hydrogen (secondary N) is 1. The average molecular weight is 563 g/mol. The Hall–Kier alpha value is -5.86. The number of benzene rings is 3. The zero-order valence-corrected chi connectivity index (χ0v) is 23.0. The maximum Gasteiger partial charge on any atom is 0.335 e. The van der Waals surface area contributed by atoms with Crippen molar-refractivity contribution in [2.45, 2.75) is 6.92 Å². The lowest BCUT2D eigenvalue weighted by Gasteiger charge is -2.12. The topological polar surface area (TPSA) is 138 Å². The van der Waals surface area contributed by atoms with Crippen LogP contribution < -0.4 is 16.0 Å². The van der Waals surface area contributed by atoms with Crippen LogP contribution in [0.4, 0.5) is 5.69 Å². The molecule has 5 aromatic rings. The van der Waals surface area contributed by atoms with Gasteiger partial charge in [-0.15, -0.1) is 5.73 Å². The van der Waals surface area contributed by atoms with Crippen molar-refractivity contribution in [2.75, 3.05) is 19.0 Å². The van der Waals surface area contributed by atoms with Gasteiger partial charge in [-0.05, 0) is 72.7 Å². The number of aromatic nitrogens is 3. The molecule has 0 bridgehead atoms. The van der Waals surface area contributed by atoms with Crippen molar-refractivity contribution in [3.8, 4) is 11.4 Å². The number of carboxylic acid groups (broad SMARTS) is 2. The van der Waals surface area contributed by atoms with Crippen molar-refractivity contribution in [1.29, 1.82) is 0 Å². The van der Waals surface area contributed by atoms with Gasteiger partial charge >= 0.3 is 11.9 Å². The zero-order chi connectivity index (χ0) is 30.1. The number of carboxylic acids is 2. The monoisotopic (exact) mass is 562 g/mol. The number of hydrogen-bond acceptors (Lipinski definition) is 5. The molecular weight excluding hydrogens is 536 g/mol. The Balaban J connectivity index is 1.81. The van der Waals surface area contributed by atoms with Crippen LogP contribution in [0.2, 0.25) is 0 Å². The number of carbonyl (C=O) groups is 2. The van der Waals surface area contributed by atoms with Gasteiger partial charge in [-0.2, -0.15) is 0 Å². The van der Waals surface area contributed by atoms with Gasteiger partial charge in [0.05, 0.1) is 33.5 Å². The smallest absolute Gasteiger partial charge is 0.335 e. The maximum atomic E-state index is 14.0. The van der Waals surface area contributed by atoms with E-state index in [0.29, 0.717) is 11.3 Å². The highest BCUT2D eigenvalue weighted by atomic mass is 16.4. The van der Waals surface area contributed by atoms with Gasteiger partial charge in [0.2, 0.25) is 0 Å². The van der Waals surface area contributed by atoms with Crippen LogP contribution in [-0.4, -0.2) is 50.6 Å². The molecule has 10 nitrogen and oxygen atoms in total. The third-order valence-corrected chi connectivity index (χ3v) is 6.88. The summed E-state index contributed by atoms with van der Waals surface area (Å²) < 4.78 is 2.41. The van der Waals surface area contributed by atoms with Crippen molar-refractivity contribution >= 4 is 40.8 Å². The largest absolute Gasteiger partial charge is 0.478 e. The summed E-state index contributed by atoms with van der Waals surface area (Å²) in [7, 11) is 3.88. The third-order valence-electron chi connectivity index (χ3n) is 6.88. The number of aromatic carboxylic acids is 2. The number of aromatic amines is 1. The van der Waals surface area contributed by atoms with Gasteiger partial charge in [0, 0.05) is 19.8 Å². The highest BCUT2D eigenvalue weighted by Crippen LogP contribution is 2.23. The molecule has 2 aromatic heterocycles. The molecule has 0 atom stereocenters. The Morgan fingerprint density at radius 1 is 0.833 bits per heavy atom. The minimum Gasteiger partial charge on any atom is -0.478 e. The summed E-state index contributed by atoms with van der Waals surface area (Å²) >= 11 is 0. The number of rotatable bonds is 7. The summed E-state index contributed by atoms with van der Waals surface area (Å²) in [5.41, 5.74) is 4.30. The highest BCUT2D eigenvalue weighted by molar-refractivity contribution is 5.95. The van der Waals surface area contributed by atoms with E-state index in [1.54, 1.807) is 43.3 Å². The van der Waals surface area contributed by atoms with Gasteiger partial charge in [0.15, 0.2) is 0 Å². The van der Waals surface area contributed by atoms with E-state index in [9.17, 15) is 29.4 Å². The molecule has 5 rings (SSSR count). The first-order valence-electron chi connectivity index (χ1n) is 12.8. The maximum absolute atomic E-state index is 14.0. The predicted molar refractivity (Wildman–Crippen MR) is 161 cm³/mol. The third kappa shape index (κ3) is 5.05. The molecular formula is C32H26N4O6. The number of hydrogen-bond donors (Lipinski definition) is 3. The van der Waals surface area contributed by atoms with Crippen molar-refractivity contribution in [3.05, 3.63) is 127 Å². The van der Waals surface area contributed by atoms with Crippen molar-refractivity contribution in [2.24, 2.45) is 0 Å². The van der Waals surface area contributed by atoms with Crippen LogP contribution in [0.25, 0.3) is 34.6 Å². The van der Waals surface area contributed by atoms with E-state index in [0.717, 1.165) is 21.9 Å². The normalized spacial score (nSPS) is 10.7. The Morgan fingerprint density at radius 3 is 2.02 bits per heavy atom. The summed E-state index contributed by atoms with van der Waals surface area (Å²) in [4.78, 5) is 53.4. The molecule has 0 amide bonds. The summed E-state index contributed by atoms with van der Waals surface area (Å²) in [5, 5.41) is 22.5. The van der Waals surface area contributed by atoms with Gasteiger partial charge in [-0.3, -0.25) is 19.3 Å². The van der Waals surface area contributed by atoms with E-state index in [1.807, 2.05) is 43.3 Å². The lowest BCUT2D eigenvalue weighted by molar-refractivity contribution is 0.0696. The van der Waals surface area contributed by atoms with E-state index in [2.05, 4.69) is 10.8 Å². The highest BCUT2D eigenvalue weighted by Gasteiger charge is 2.22. The Labute approximate surface area is 239 Å². The first-order valence-corrected chi connectivity index (χ1v) is 12.8. The molecule has 0 aliphatic rings. The number of pyridine rings is 1. The summed E-state index contributed by atoms with van der Waals surface area (Å²) in [6.45, 7) is 1.65. The molecule has 3 aromatic carbocycles. The second-order valence-electron chi connectivity index (χ2n) is 9.81. The van der Waals surface area contributed by atoms with Crippen LogP contribution in [-0.2, 0) is 0 Å². The van der Waals surface area contributed by atoms with E-state index < -0.39 is 23.1 Å². The summed E-state index contributed by atoms with van der Waals surface area (Å²) in [5.74, 6) is -2.73. The SMILES string of the molecule is Cc1c(C=C=Cc2ccc(N(C)C)cc2)c(=O)n(-c2cc(C(=O)O)cc(C(=O)O)c2)c2[nH]n(-c3ccccc3)c(=O)c12. The van der Waals surface area contributed by atoms with Crippen LogP contribution in [0.5, 0.6) is 0 Å². The minimum atomic E-state index is -1.37. The molecule has 10 heteroatoms. The van der Waals surface area contributed by atoms with Gasteiger partial charge in [0.1, 0.15) is 5.65 Å². The molecule has 0 saturated carbocycles. The molecule has 0 saturated heterocycles. The molecule has 0 unspecified atom stereocenters. The molecule has 210 valence electrons. The van der Waals surface area contributed by atoms with Crippen LogP contribution in [0, 0.1) is 6.92 Å². The molecule has 2 heterocycles. The first kappa shape index (κ1) is 27.7. The van der Waals surface area contributed by atoms with Crippen molar-refractivity contribution in [1.82, 2.24) is 14.3 Å². The first-order chi connectivity index (χ1) is 20.1. The fourth-order valence-electron chi connectivity index (χ4n) is 4.69. The fraction of sp³-hybridized carbons (Fsp3) is 0.0938. The van der Waals surface area contributed by atoms with Gasteiger partial charge in [-0.1, -0.05) is 30.3 Å². The quantitative estimate of drug-likeness (QED) is 0.247. The number of fused-ring (bicyclic) bond motifs is 1. The standard InChI is InChI=1S/C32H26N4O6/c1-19-26(11-7-8-20-12-14-23(15-13-20)34(2)3)29(37)35(25-17-21(31(39)40)16-22(18-25)32(41)42)28-27(19)30(38)36(33-28)24-9-5-4-6-10-24/h4-6,8-18,33H,1-3H3,(H,39,40)(H,41,42). The van der Waals surface area contributed by atoms with E-state index in [-0.39, 0.29) is 33.4 Å². The fourth-order valence-corrected chi connectivity index (χ4v) is 4.69.